The molecule has 0 saturated heterocycles. The van der Waals surface area contributed by atoms with Crippen LogP contribution in [0.1, 0.15) is 70.9 Å². The summed E-state index contributed by atoms with van der Waals surface area (Å²) in [6.07, 6.45) is 1.53. The molecule has 2 aromatic heterocycles. The topological polar surface area (TPSA) is 370 Å². The van der Waals surface area contributed by atoms with Crippen LogP contribution in [0.2, 0.25) is 0 Å². The maximum atomic E-state index is 14.3. The van der Waals surface area contributed by atoms with Crippen LogP contribution >= 0.6 is 0 Å². The van der Waals surface area contributed by atoms with Gasteiger partial charge in [0.05, 0.1) is 19.1 Å². The number of carboxylic acids is 2. The van der Waals surface area contributed by atoms with E-state index < -0.39 is 109 Å². The predicted octanol–water partition coefficient (Wildman–Crippen LogP) is -0.420. The van der Waals surface area contributed by atoms with Crippen molar-refractivity contribution in [2.45, 2.75) is 115 Å². The van der Waals surface area contributed by atoms with Crippen molar-refractivity contribution in [1.29, 1.82) is 0 Å². The lowest BCUT2D eigenvalue weighted by molar-refractivity contribution is -0.143. The van der Waals surface area contributed by atoms with Gasteiger partial charge in [-0.3, -0.25) is 38.4 Å². The second-order valence-electron chi connectivity index (χ2n) is 17.5. The van der Waals surface area contributed by atoms with Crippen LogP contribution in [-0.4, -0.2) is 127 Å². The SMILES string of the molecule is CC(C)CC(N)C(=O)NC(CC(=O)O)C(=O)NC(Cc1c[nH]c2ccccc12)C(=O)NC(CO)C(=O)NC(Cc1c[nH]c2ccccc12)C(=O)NC(CC(C)C)C(=O)NC(CCC(N)=O)C(=O)O. The van der Waals surface area contributed by atoms with Crippen molar-refractivity contribution in [2.24, 2.45) is 23.3 Å². The highest BCUT2D eigenvalue weighted by Gasteiger charge is 2.35. The minimum absolute atomic E-state index is 0.00462. The summed E-state index contributed by atoms with van der Waals surface area (Å²) in [6.45, 7) is 6.15. The van der Waals surface area contributed by atoms with E-state index in [1.165, 1.54) is 0 Å². The number of para-hydroxylation sites is 2. The minimum Gasteiger partial charge on any atom is -0.481 e. The van der Waals surface area contributed by atoms with Gasteiger partial charge in [0.25, 0.3) is 0 Å². The van der Waals surface area contributed by atoms with Crippen molar-refractivity contribution in [3.8, 4) is 0 Å². The molecule has 7 unspecified atom stereocenters. The van der Waals surface area contributed by atoms with Gasteiger partial charge in [0.1, 0.15) is 36.3 Å². The van der Waals surface area contributed by atoms with Crippen molar-refractivity contribution in [3.63, 3.8) is 0 Å². The van der Waals surface area contributed by atoms with E-state index in [9.17, 15) is 58.5 Å². The first-order chi connectivity index (χ1) is 32.2. The molecule has 368 valence electrons. The zero-order valence-electron chi connectivity index (χ0n) is 38.3. The third-order valence-electron chi connectivity index (χ3n) is 11.0. The first-order valence-electron chi connectivity index (χ1n) is 22.2. The van der Waals surface area contributed by atoms with Gasteiger partial charge in [-0.05, 0) is 54.4 Å². The van der Waals surface area contributed by atoms with Crippen LogP contribution in [0.25, 0.3) is 21.8 Å². The number of hydrogen-bond donors (Lipinski definition) is 13. The van der Waals surface area contributed by atoms with Gasteiger partial charge >= 0.3 is 11.9 Å². The molecule has 4 aromatic rings. The third-order valence-corrected chi connectivity index (χ3v) is 11.0. The van der Waals surface area contributed by atoms with Gasteiger partial charge in [0, 0.05) is 53.5 Å². The smallest absolute Gasteiger partial charge is 0.326 e. The highest BCUT2D eigenvalue weighted by atomic mass is 16.4. The van der Waals surface area contributed by atoms with Crippen molar-refractivity contribution < 1.29 is 58.5 Å². The number of hydrogen-bond acceptors (Lipinski definition) is 11. The number of nitrogens with one attached hydrogen (secondary N) is 8. The Balaban J connectivity index is 1.63. The Labute approximate surface area is 391 Å². The Morgan fingerprint density at radius 2 is 0.971 bits per heavy atom. The molecular weight excluding hydrogens is 885 g/mol. The van der Waals surface area contributed by atoms with Gasteiger partial charge in [-0.2, -0.15) is 0 Å². The molecule has 0 aliphatic carbocycles. The normalized spacial score (nSPS) is 14.5. The maximum absolute atomic E-state index is 14.3. The summed E-state index contributed by atoms with van der Waals surface area (Å²) in [7, 11) is 0. The minimum atomic E-state index is -1.76. The van der Waals surface area contributed by atoms with E-state index in [-0.39, 0.29) is 50.4 Å². The van der Waals surface area contributed by atoms with Crippen LogP contribution in [0.4, 0.5) is 0 Å². The predicted molar refractivity (Wildman–Crippen MR) is 248 cm³/mol. The molecule has 2 aromatic carbocycles. The summed E-state index contributed by atoms with van der Waals surface area (Å²) in [4.78, 5) is 124. The van der Waals surface area contributed by atoms with E-state index in [1.807, 2.05) is 13.8 Å². The van der Waals surface area contributed by atoms with Gasteiger partial charge in [0.2, 0.25) is 41.4 Å². The number of aliphatic carboxylic acids is 2. The van der Waals surface area contributed by atoms with Crippen molar-refractivity contribution in [2.75, 3.05) is 6.61 Å². The van der Waals surface area contributed by atoms with E-state index in [4.69, 9.17) is 11.5 Å². The average molecular weight is 947 g/mol. The first kappa shape index (κ1) is 53.3. The fourth-order valence-corrected chi connectivity index (χ4v) is 7.54. The molecule has 7 atom stereocenters. The summed E-state index contributed by atoms with van der Waals surface area (Å²) >= 11 is 0. The standard InChI is InChI=1S/C46H62N10O12/c1-23(2)15-29(47)40(61)52-36(19-39(59)60)44(65)54-35(18-26-21-50-31-12-8-6-10-28(26)31)43(64)56-37(22-57)45(66)55-34(17-25-20-49-30-11-7-5-9-27(25)30)42(63)53-33(16-24(3)4)41(62)51-32(46(67)68)13-14-38(48)58/h5-12,20-21,23-24,29,32-37,49-50,57H,13-19,22,47H2,1-4H3,(H2,48,58)(H,51,62)(H,52,61)(H,53,63)(H,54,65)(H,55,66)(H,56,64)(H,59,60)(H,67,68). The maximum Gasteiger partial charge on any atom is 0.326 e. The van der Waals surface area contributed by atoms with E-state index in [0.29, 0.717) is 32.9 Å². The van der Waals surface area contributed by atoms with E-state index in [0.717, 1.165) is 0 Å². The number of nitrogens with two attached hydrogens (primary N) is 2. The number of benzene rings is 2. The molecular formula is C46H62N10O12. The lowest BCUT2D eigenvalue weighted by Gasteiger charge is -2.27. The summed E-state index contributed by atoms with van der Waals surface area (Å²) in [5, 5.41) is 46.1. The van der Waals surface area contributed by atoms with Gasteiger partial charge in [-0.25, -0.2) is 4.79 Å². The lowest BCUT2D eigenvalue weighted by Crippen LogP contribution is -2.61. The molecule has 4 rings (SSSR count). The van der Waals surface area contributed by atoms with Crippen molar-refractivity contribution in [1.82, 2.24) is 41.9 Å². The molecule has 0 fully saturated rings. The molecule has 0 saturated carbocycles. The number of carboxylic acid groups (broad SMARTS) is 2. The monoisotopic (exact) mass is 946 g/mol. The zero-order valence-corrected chi connectivity index (χ0v) is 38.3. The molecule has 0 aliphatic heterocycles. The number of amides is 7. The van der Waals surface area contributed by atoms with Crippen molar-refractivity contribution >= 4 is 75.1 Å². The highest BCUT2D eigenvalue weighted by Crippen LogP contribution is 2.21. The van der Waals surface area contributed by atoms with Gasteiger partial charge < -0.3 is 68.7 Å². The molecule has 0 bridgehead atoms. The number of aliphatic hydroxyl groups is 1. The summed E-state index contributed by atoms with van der Waals surface area (Å²) in [5.41, 5.74) is 13.7. The van der Waals surface area contributed by atoms with Crippen molar-refractivity contribution in [3.05, 3.63) is 72.1 Å². The third kappa shape index (κ3) is 15.6. The number of carbonyl (C=O) groups is 9. The average Bonchev–Trinajstić information content (AvgIpc) is 3.88. The van der Waals surface area contributed by atoms with Gasteiger partial charge in [-0.1, -0.05) is 64.1 Å². The first-order valence-corrected chi connectivity index (χ1v) is 22.2. The van der Waals surface area contributed by atoms with Crippen LogP contribution in [-0.2, 0) is 56.0 Å². The summed E-state index contributed by atoms with van der Waals surface area (Å²) in [5.74, 6) is -9.57. The summed E-state index contributed by atoms with van der Waals surface area (Å²) in [6, 6.07) is 3.78. The number of aromatic nitrogens is 2. The molecule has 7 amide bonds. The molecule has 2 heterocycles. The second-order valence-corrected chi connectivity index (χ2v) is 17.5. The Morgan fingerprint density at radius 3 is 1.43 bits per heavy atom. The van der Waals surface area contributed by atoms with Crippen LogP contribution in [0.3, 0.4) is 0 Å². The Bertz CT molecular complexity index is 2450. The summed E-state index contributed by atoms with van der Waals surface area (Å²) < 4.78 is 0. The largest absolute Gasteiger partial charge is 0.481 e. The van der Waals surface area contributed by atoms with Crippen LogP contribution in [0, 0.1) is 11.8 Å². The number of H-pyrrole nitrogens is 2. The molecule has 0 radical (unpaired) electrons. The zero-order chi connectivity index (χ0) is 50.2. The van der Waals surface area contributed by atoms with Crippen LogP contribution in [0.15, 0.2) is 60.9 Å². The quantitative estimate of drug-likeness (QED) is 0.0362. The van der Waals surface area contributed by atoms with Gasteiger partial charge in [0.15, 0.2) is 0 Å². The fraction of sp³-hybridized carbons (Fsp3) is 0.457. The van der Waals surface area contributed by atoms with Crippen LogP contribution in [0.5, 0.6) is 0 Å². The molecule has 68 heavy (non-hydrogen) atoms. The van der Waals surface area contributed by atoms with Crippen LogP contribution < -0.4 is 43.4 Å². The van der Waals surface area contributed by atoms with E-state index in [2.05, 4.69) is 41.9 Å². The Hall–Kier alpha value is -7.33. The van der Waals surface area contributed by atoms with E-state index >= 15 is 0 Å². The number of rotatable bonds is 27. The molecule has 0 aliphatic rings. The Kier molecular flexibility index (Phi) is 19.6. The molecule has 22 nitrogen and oxygen atoms in total. The Morgan fingerprint density at radius 1 is 0.559 bits per heavy atom. The van der Waals surface area contributed by atoms with E-state index in [1.54, 1.807) is 74.8 Å². The second kappa shape index (κ2) is 25.0. The number of primary amides is 1. The fourth-order valence-electron chi connectivity index (χ4n) is 7.54. The molecule has 15 N–H and O–H groups in total. The number of aliphatic hydroxyl groups excluding tert-OH is 1. The molecule has 0 spiro atoms. The number of aromatic amines is 2. The van der Waals surface area contributed by atoms with Gasteiger partial charge in [-0.15, -0.1) is 0 Å². The number of fused-ring (bicyclic) bond motifs is 2. The lowest BCUT2D eigenvalue weighted by atomic mass is 10.00. The molecule has 22 heteroatoms. The highest BCUT2D eigenvalue weighted by molar-refractivity contribution is 5.98. The number of carbonyl (C=O) groups excluding carboxylic acids is 7.